The number of hydrogen-bond donors (Lipinski definition) is 2. The summed E-state index contributed by atoms with van der Waals surface area (Å²) in [7, 11) is 0. The molecule has 4 rings (SSSR count). The third kappa shape index (κ3) is 4.13. The van der Waals surface area contributed by atoms with Crippen LogP contribution in [0.4, 0.5) is 5.69 Å². The maximum absolute atomic E-state index is 13.6. The number of carbonyl (C=O) groups excluding carboxylic acids is 3. The fourth-order valence-corrected chi connectivity index (χ4v) is 4.51. The highest BCUT2D eigenvalue weighted by molar-refractivity contribution is 6.07. The van der Waals surface area contributed by atoms with Gasteiger partial charge in [0.15, 0.2) is 0 Å². The van der Waals surface area contributed by atoms with Gasteiger partial charge in [0.1, 0.15) is 24.0 Å². The molecular weight excluding hydrogens is 408 g/mol. The minimum Gasteiger partial charge on any atom is -0.364 e. The first-order valence-corrected chi connectivity index (χ1v) is 11.3. The second kappa shape index (κ2) is 9.14. The lowest BCUT2D eigenvalue weighted by atomic mass is 9.92. The van der Waals surface area contributed by atoms with Gasteiger partial charge in [-0.2, -0.15) is 0 Å². The van der Waals surface area contributed by atoms with Gasteiger partial charge in [0, 0.05) is 18.4 Å². The average Bonchev–Trinajstić information content (AvgIpc) is 3.43. The van der Waals surface area contributed by atoms with E-state index in [1.165, 1.54) is 6.26 Å². The van der Waals surface area contributed by atoms with Crippen molar-refractivity contribution in [3.8, 4) is 0 Å². The molecule has 0 saturated heterocycles. The van der Waals surface area contributed by atoms with Gasteiger partial charge >= 0.3 is 0 Å². The molecule has 0 fully saturated rings. The lowest BCUT2D eigenvalue weighted by Gasteiger charge is -2.28. The summed E-state index contributed by atoms with van der Waals surface area (Å²) in [6.07, 6.45) is 3.97. The Labute approximate surface area is 187 Å². The van der Waals surface area contributed by atoms with Gasteiger partial charge < -0.3 is 15.2 Å². The number of nitrogens with zero attached hydrogens (tertiary/aromatic N) is 2. The molecule has 8 heteroatoms. The minimum atomic E-state index is -0.657. The summed E-state index contributed by atoms with van der Waals surface area (Å²) in [6, 6.07) is 6.31. The summed E-state index contributed by atoms with van der Waals surface area (Å²) in [4.78, 5) is 41.1. The second-order valence-electron chi connectivity index (χ2n) is 8.84. The van der Waals surface area contributed by atoms with Crippen molar-refractivity contribution in [2.24, 2.45) is 11.8 Å². The molecule has 2 aliphatic rings. The van der Waals surface area contributed by atoms with E-state index in [9.17, 15) is 14.4 Å². The van der Waals surface area contributed by atoms with Crippen molar-refractivity contribution < 1.29 is 18.9 Å². The van der Waals surface area contributed by atoms with Crippen LogP contribution >= 0.6 is 0 Å². The number of amides is 3. The Morgan fingerprint density at radius 3 is 2.75 bits per heavy atom. The van der Waals surface area contributed by atoms with Gasteiger partial charge in [-0.05, 0) is 29.9 Å². The summed E-state index contributed by atoms with van der Waals surface area (Å²) in [5, 5.41) is 9.65. The summed E-state index contributed by atoms with van der Waals surface area (Å²) in [6.45, 7) is 6.21. The zero-order valence-electron chi connectivity index (χ0n) is 18.8. The minimum absolute atomic E-state index is 0.116. The number of rotatable bonds is 7. The predicted octanol–water partition coefficient (Wildman–Crippen LogP) is 2.36. The van der Waals surface area contributed by atoms with E-state index in [0.717, 1.165) is 23.2 Å². The van der Waals surface area contributed by atoms with Crippen molar-refractivity contribution in [2.45, 2.75) is 65.1 Å². The topological polar surface area (TPSA) is 105 Å². The van der Waals surface area contributed by atoms with E-state index in [1.54, 1.807) is 11.0 Å². The van der Waals surface area contributed by atoms with Crippen LogP contribution in [0.1, 0.15) is 50.4 Å². The van der Waals surface area contributed by atoms with Crippen molar-refractivity contribution in [3.05, 3.63) is 47.3 Å². The van der Waals surface area contributed by atoms with Crippen LogP contribution in [0.25, 0.3) is 0 Å². The first-order valence-electron chi connectivity index (χ1n) is 11.3. The van der Waals surface area contributed by atoms with Gasteiger partial charge in [-0.1, -0.05) is 50.5 Å². The van der Waals surface area contributed by atoms with Crippen LogP contribution < -0.4 is 15.5 Å². The highest BCUT2D eigenvalue weighted by Crippen LogP contribution is 2.39. The third-order valence-corrected chi connectivity index (χ3v) is 6.87. The molecular formula is C24H30N4O4. The molecule has 0 radical (unpaired) electrons. The molecule has 170 valence electrons. The van der Waals surface area contributed by atoms with Gasteiger partial charge in [0.05, 0.1) is 12.2 Å². The second-order valence-corrected chi connectivity index (χ2v) is 8.84. The molecule has 1 aromatic heterocycles. The highest BCUT2D eigenvalue weighted by atomic mass is 16.5. The summed E-state index contributed by atoms with van der Waals surface area (Å²) < 4.78 is 4.81. The van der Waals surface area contributed by atoms with E-state index in [1.807, 2.05) is 32.0 Å². The largest absolute Gasteiger partial charge is 0.364 e. The summed E-state index contributed by atoms with van der Waals surface area (Å²) in [5.74, 6) is -0.547. The van der Waals surface area contributed by atoms with E-state index >= 15 is 0 Å². The molecule has 0 saturated carbocycles. The number of para-hydroxylation sites is 1. The van der Waals surface area contributed by atoms with Crippen molar-refractivity contribution in [3.63, 3.8) is 0 Å². The first kappa shape index (κ1) is 22.0. The van der Waals surface area contributed by atoms with Crippen LogP contribution in [0.3, 0.4) is 0 Å². The van der Waals surface area contributed by atoms with Crippen molar-refractivity contribution in [2.75, 3.05) is 4.90 Å². The molecule has 2 aromatic rings. The molecule has 32 heavy (non-hydrogen) atoms. The lowest BCUT2D eigenvalue weighted by Crippen LogP contribution is -2.55. The molecule has 0 aliphatic carbocycles. The molecule has 4 atom stereocenters. The number of anilines is 1. The number of benzene rings is 1. The number of carbonyl (C=O) groups is 3. The number of nitrogens with one attached hydrogen (secondary N) is 2. The third-order valence-electron chi connectivity index (χ3n) is 6.87. The average molecular weight is 439 g/mol. The van der Waals surface area contributed by atoms with E-state index in [0.29, 0.717) is 25.0 Å². The van der Waals surface area contributed by atoms with E-state index < -0.39 is 12.1 Å². The van der Waals surface area contributed by atoms with Crippen LogP contribution in [0, 0.1) is 11.8 Å². The van der Waals surface area contributed by atoms with Crippen LogP contribution in [0.2, 0.25) is 0 Å². The van der Waals surface area contributed by atoms with Crippen LogP contribution in [-0.4, -0.2) is 35.0 Å². The van der Waals surface area contributed by atoms with Crippen molar-refractivity contribution >= 4 is 23.4 Å². The number of hydrogen-bond acceptors (Lipinski definition) is 5. The molecule has 0 unspecified atom stereocenters. The molecule has 3 amide bonds. The standard InChI is InChI=1S/C24H30N4O4/c1-4-14(2)15(3)22(29)26-19-9-8-16-6-5-7-17-12-20(28(21(16)17)24(19)31)23(30)25-13-18-10-11-32-27-18/h5-7,10-11,14-15,19-20H,4,8-9,12-13H2,1-3H3,(H,25,30)(H,26,29)/t14-,15-,19-,20-/m0/s1. The van der Waals surface area contributed by atoms with Crippen LogP contribution in [0.5, 0.6) is 0 Å². The molecule has 8 nitrogen and oxygen atoms in total. The zero-order chi connectivity index (χ0) is 22.8. The fourth-order valence-electron chi connectivity index (χ4n) is 4.51. The Hall–Kier alpha value is -3.16. The number of aryl methyl sites for hydroxylation is 1. The Kier molecular flexibility index (Phi) is 6.30. The molecule has 2 N–H and O–H groups in total. The molecule has 0 spiro atoms. The van der Waals surface area contributed by atoms with Gasteiger partial charge in [-0.3, -0.25) is 19.3 Å². The maximum atomic E-state index is 13.6. The quantitative estimate of drug-likeness (QED) is 0.691. The Morgan fingerprint density at radius 2 is 2.03 bits per heavy atom. The Morgan fingerprint density at radius 1 is 1.25 bits per heavy atom. The lowest BCUT2D eigenvalue weighted by molar-refractivity contribution is -0.131. The molecule has 2 aliphatic heterocycles. The van der Waals surface area contributed by atoms with E-state index in [4.69, 9.17) is 4.52 Å². The van der Waals surface area contributed by atoms with Crippen molar-refractivity contribution in [1.82, 2.24) is 15.8 Å². The normalized spacial score (nSPS) is 21.5. The van der Waals surface area contributed by atoms with Gasteiger partial charge in [-0.25, -0.2) is 0 Å². The predicted molar refractivity (Wildman–Crippen MR) is 119 cm³/mol. The van der Waals surface area contributed by atoms with E-state index in [-0.39, 0.29) is 36.1 Å². The van der Waals surface area contributed by atoms with Gasteiger partial charge in [0.25, 0.3) is 0 Å². The molecule has 3 heterocycles. The monoisotopic (exact) mass is 438 g/mol. The van der Waals surface area contributed by atoms with Crippen molar-refractivity contribution in [1.29, 1.82) is 0 Å². The summed E-state index contributed by atoms with van der Waals surface area (Å²) >= 11 is 0. The van der Waals surface area contributed by atoms with Gasteiger partial charge in [0.2, 0.25) is 17.7 Å². The van der Waals surface area contributed by atoms with Gasteiger partial charge in [-0.15, -0.1) is 0 Å². The molecule has 1 aromatic carbocycles. The Balaban J connectivity index is 1.56. The first-order chi connectivity index (χ1) is 15.4. The fraction of sp³-hybridized carbons (Fsp3) is 0.500. The van der Waals surface area contributed by atoms with E-state index in [2.05, 4.69) is 22.7 Å². The molecule has 0 bridgehead atoms. The van der Waals surface area contributed by atoms with Crippen LogP contribution in [-0.2, 0) is 33.8 Å². The smallest absolute Gasteiger partial charge is 0.250 e. The van der Waals surface area contributed by atoms with Crippen LogP contribution in [0.15, 0.2) is 35.1 Å². The maximum Gasteiger partial charge on any atom is 0.250 e. The number of aromatic nitrogens is 1. The SMILES string of the molecule is CC[C@H](C)[C@H](C)C(=O)N[C@H]1CCc2cccc3c2N(C1=O)[C@H](C(=O)NCc1ccon1)C3. The highest BCUT2D eigenvalue weighted by Gasteiger charge is 2.44. The zero-order valence-corrected chi connectivity index (χ0v) is 18.8. The summed E-state index contributed by atoms with van der Waals surface area (Å²) in [5.41, 5.74) is 3.46. The Bertz CT molecular complexity index is 1000.